The number of nitrogens with zero attached hydrogens (tertiary/aromatic N) is 1. The van der Waals surface area contributed by atoms with Crippen molar-refractivity contribution in [3.8, 4) is 0 Å². The highest BCUT2D eigenvalue weighted by atomic mass is 32.2. The maximum absolute atomic E-state index is 11.2. The number of thiol groups is 1. The lowest BCUT2D eigenvalue weighted by atomic mass is 10.0. The first-order valence-electron chi connectivity index (χ1n) is 9.39. The molecule has 0 radical (unpaired) electrons. The van der Waals surface area contributed by atoms with E-state index in [4.69, 9.17) is 5.73 Å². The highest BCUT2D eigenvalue weighted by molar-refractivity contribution is 7.75. The Hall–Kier alpha value is -1.56. The minimum Gasteiger partial charge on any atom is -0.350 e. The van der Waals surface area contributed by atoms with Crippen LogP contribution in [0.4, 0.5) is 10.5 Å². The van der Waals surface area contributed by atoms with Gasteiger partial charge in [0, 0.05) is 0 Å². The molecule has 1 rings (SSSR count). The number of rotatable bonds is 13. The summed E-state index contributed by atoms with van der Waals surface area (Å²) < 4.78 is 22.7. The van der Waals surface area contributed by atoms with Crippen LogP contribution in [-0.2, 0) is 17.3 Å². The van der Waals surface area contributed by atoms with Crippen LogP contribution in [-0.4, -0.2) is 14.4 Å². The summed E-state index contributed by atoms with van der Waals surface area (Å²) in [6.45, 7) is 2.24. The van der Waals surface area contributed by atoms with Crippen molar-refractivity contribution in [1.29, 1.82) is 0 Å². The predicted molar refractivity (Wildman–Crippen MR) is 104 cm³/mol. The van der Waals surface area contributed by atoms with Gasteiger partial charge >= 0.3 is 6.03 Å². The molecular formula is C19H32N2O3S. The Labute approximate surface area is 153 Å². The summed E-state index contributed by atoms with van der Waals surface area (Å²) in [5.74, 6) is 0. The van der Waals surface area contributed by atoms with Crippen molar-refractivity contribution in [2.75, 3.05) is 4.31 Å². The quantitative estimate of drug-likeness (QED) is 0.395. The lowest BCUT2D eigenvalue weighted by molar-refractivity contribution is 0.257. The molecule has 0 fully saturated rings. The molecule has 2 amide bonds. The Morgan fingerprint density at radius 2 is 1.36 bits per heavy atom. The number of hydrogen-bond donors (Lipinski definition) is 2. The Morgan fingerprint density at radius 1 is 0.880 bits per heavy atom. The molecular weight excluding hydrogens is 336 g/mol. The van der Waals surface area contributed by atoms with Crippen molar-refractivity contribution in [2.24, 2.45) is 5.73 Å². The third kappa shape index (κ3) is 8.91. The maximum atomic E-state index is 11.2. The summed E-state index contributed by atoms with van der Waals surface area (Å²) in [5, 5.41) is 0. The van der Waals surface area contributed by atoms with Gasteiger partial charge in [-0.2, -0.15) is 4.31 Å². The molecule has 6 heteroatoms. The van der Waals surface area contributed by atoms with Gasteiger partial charge in [-0.3, -0.25) is 0 Å². The second kappa shape index (κ2) is 12.8. The van der Waals surface area contributed by atoms with Crippen LogP contribution in [0, 0.1) is 0 Å². The minimum absolute atomic E-state index is 0.287. The molecule has 0 atom stereocenters. The Balaban J connectivity index is 2.21. The fraction of sp³-hybridized carbons (Fsp3) is 0.632. The van der Waals surface area contributed by atoms with Gasteiger partial charge in [0.1, 0.15) is 0 Å². The Morgan fingerprint density at radius 3 is 1.80 bits per heavy atom. The normalized spacial score (nSPS) is 11.0. The highest BCUT2D eigenvalue weighted by Gasteiger charge is 2.14. The summed E-state index contributed by atoms with van der Waals surface area (Å²) in [4.78, 5) is 11.2. The minimum atomic E-state index is -3.06. The zero-order chi connectivity index (χ0) is 18.5. The zero-order valence-electron chi connectivity index (χ0n) is 15.3. The molecule has 1 aromatic rings. The first kappa shape index (κ1) is 21.5. The maximum Gasteiger partial charge on any atom is 0.333 e. The molecule has 0 aliphatic rings. The topological polar surface area (TPSA) is 80.5 Å². The van der Waals surface area contributed by atoms with E-state index in [0.717, 1.165) is 18.4 Å². The molecule has 25 heavy (non-hydrogen) atoms. The van der Waals surface area contributed by atoms with Crippen molar-refractivity contribution >= 4 is 22.6 Å². The Kier molecular flexibility index (Phi) is 11.0. The third-order valence-corrected chi connectivity index (χ3v) is 5.13. The lowest BCUT2D eigenvalue weighted by Crippen LogP contribution is -2.34. The number of aryl methyl sites for hydroxylation is 1. The van der Waals surface area contributed by atoms with Crippen LogP contribution in [0.15, 0.2) is 24.3 Å². The lowest BCUT2D eigenvalue weighted by Gasteiger charge is -2.13. The summed E-state index contributed by atoms with van der Waals surface area (Å²) in [5.41, 5.74) is 6.52. The standard InChI is InChI=1S/C19H32N2O3S/c1-2-3-4-5-6-7-8-9-10-11-12-17-13-15-18(16-14-17)21(19(20)22)25(23)24/h13-16,25H,2-12H2,1H3,(H2,20,22). The zero-order valence-corrected chi connectivity index (χ0v) is 16.2. The molecule has 0 bridgehead atoms. The van der Waals surface area contributed by atoms with Gasteiger partial charge in [-0.05, 0) is 30.5 Å². The number of carbonyl (C=O) groups excluding carboxylic acids is 1. The summed E-state index contributed by atoms with van der Waals surface area (Å²) in [7, 11) is -3.06. The summed E-state index contributed by atoms with van der Waals surface area (Å²) in [6, 6.07) is 5.98. The fourth-order valence-electron chi connectivity index (χ4n) is 2.92. The van der Waals surface area contributed by atoms with E-state index in [2.05, 4.69) is 6.92 Å². The van der Waals surface area contributed by atoms with E-state index in [1.54, 1.807) is 12.1 Å². The third-order valence-electron chi connectivity index (χ3n) is 4.37. The van der Waals surface area contributed by atoms with Gasteiger partial charge in [-0.15, -0.1) is 0 Å². The fourth-order valence-corrected chi connectivity index (χ4v) is 3.41. The van der Waals surface area contributed by atoms with Crippen molar-refractivity contribution in [3.63, 3.8) is 0 Å². The molecule has 0 saturated carbocycles. The number of anilines is 1. The molecule has 0 heterocycles. The van der Waals surface area contributed by atoms with Gasteiger partial charge < -0.3 is 5.73 Å². The summed E-state index contributed by atoms with van der Waals surface area (Å²) in [6.07, 6.45) is 14.0. The van der Waals surface area contributed by atoms with Crippen molar-refractivity contribution in [1.82, 2.24) is 0 Å². The van der Waals surface area contributed by atoms with Crippen molar-refractivity contribution in [2.45, 2.75) is 77.6 Å². The van der Waals surface area contributed by atoms with E-state index in [1.807, 2.05) is 12.1 Å². The van der Waals surface area contributed by atoms with Crippen LogP contribution in [0.25, 0.3) is 0 Å². The largest absolute Gasteiger partial charge is 0.350 e. The van der Waals surface area contributed by atoms with Gasteiger partial charge in [-0.1, -0.05) is 76.8 Å². The monoisotopic (exact) mass is 368 g/mol. The Bertz CT molecular complexity index is 563. The second-order valence-corrected chi connectivity index (χ2v) is 7.36. The molecule has 0 unspecified atom stereocenters. The van der Waals surface area contributed by atoms with E-state index >= 15 is 0 Å². The summed E-state index contributed by atoms with van der Waals surface area (Å²) >= 11 is 0. The van der Waals surface area contributed by atoms with Gasteiger partial charge in [0.15, 0.2) is 0 Å². The number of primary amides is 1. The van der Waals surface area contributed by atoms with Crippen LogP contribution in [0.1, 0.15) is 76.7 Å². The average molecular weight is 369 g/mol. The van der Waals surface area contributed by atoms with Crippen LogP contribution in [0.3, 0.4) is 0 Å². The molecule has 0 aliphatic heterocycles. The molecule has 142 valence electrons. The van der Waals surface area contributed by atoms with Crippen LogP contribution >= 0.6 is 0 Å². The molecule has 1 aromatic carbocycles. The smallest absolute Gasteiger partial charge is 0.333 e. The number of hydrogen-bond acceptors (Lipinski definition) is 3. The van der Waals surface area contributed by atoms with E-state index in [9.17, 15) is 13.2 Å². The number of nitrogens with two attached hydrogens (primary N) is 1. The number of urea groups is 1. The number of amides is 2. The first-order chi connectivity index (χ1) is 12.1. The molecule has 2 N–H and O–H groups in total. The van der Waals surface area contributed by atoms with Crippen molar-refractivity contribution < 1.29 is 13.2 Å². The molecule has 0 spiro atoms. The van der Waals surface area contributed by atoms with E-state index in [1.165, 1.54) is 57.8 Å². The first-order valence-corrected chi connectivity index (χ1v) is 10.5. The SMILES string of the molecule is CCCCCCCCCCCCc1ccc(N(C(N)=O)[SH](=O)=O)cc1. The van der Waals surface area contributed by atoms with Gasteiger partial charge in [-0.25, -0.2) is 13.2 Å². The highest BCUT2D eigenvalue weighted by Crippen LogP contribution is 2.17. The van der Waals surface area contributed by atoms with E-state index < -0.39 is 16.9 Å². The van der Waals surface area contributed by atoms with E-state index in [0.29, 0.717) is 4.31 Å². The predicted octanol–water partition coefficient (Wildman–Crippen LogP) is 4.56. The number of benzene rings is 1. The average Bonchev–Trinajstić information content (AvgIpc) is 2.57. The second-order valence-electron chi connectivity index (χ2n) is 6.49. The number of carbonyl (C=O) groups is 1. The molecule has 5 nitrogen and oxygen atoms in total. The molecule has 0 aromatic heterocycles. The van der Waals surface area contributed by atoms with Gasteiger partial charge in [0.05, 0.1) is 5.69 Å². The van der Waals surface area contributed by atoms with Gasteiger partial charge in [0.2, 0.25) is 10.9 Å². The van der Waals surface area contributed by atoms with Crippen LogP contribution in [0.2, 0.25) is 0 Å². The van der Waals surface area contributed by atoms with Crippen LogP contribution in [0.5, 0.6) is 0 Å². The van der Waals surface area contributed by atoms with Crippen molar-refractivity contribution in [3.05, 3.63) is 29.8 Å². The molecule has 0 saturated heterocycles. The van der Waals surface area contributed by atoms with Gasteiger partial charge in [0.25, 0.3) is 0 Å². The number of unbranched alkanes of at least 4 members (excludes halogenated alkanes) is 9. The van der Waals surface area contributed by atoms with E-state index in [-0.39, 0.29) is 5.69 Å². The van der Waals surface area contributed by atoms with Crippen LogP contribution < -0.4 is 10.0 Å². The molecule has 0 aliphatic carbocycles.